The van der Waals surface area contributed by atoms with Crippen molar-refractivity contribution >= 4 is 5.91 Å². The molecule has 142 valence electrons. The Hall–Kier alpha value is -2.34. The maximum absolute atomic E-state index is 12.1. The predicted molar refractivity (Wildman–Crippen MR) is 101 cm³/mol. The number of amides is 1. The van der Waals surface area contributed by atoms with E-state index in [0.29, 0.717) is 24.2 Å². The van der Waals surface area contributed by atoms with E-state index in [9.17, 15) is 4.79 Å². The minimum Gasteiger partial charge on any atom is -0.497 e. The molecule has 6 nitrogen and oxygen atoms in total. The third kappa shape index (κ3) is 5.59. The topological polar surface area (TPSA) is 67.6 Å². The highest BCUT2D eigenvalue weighted by atomic mass is 16.5. The average Bonchev–Trinajstić information content (AvgIpc) is 3.10. The van der Waals surface area contributed by atoms with E-state index in [1.165, 1.54) is 11.8 Å². The van der Waals surface area contributed by atoms with Crippen LogP contribution >= 0.6 is 0 Å². The van der Waals surface area contributed by atoms with Crippen molar-refractivity contribution in [2.45, 2.75) is 59.3 Å². The summed E-state index contributed by atoms with van der Waals surface area (Å²) in [5, 5.41) is 2.90. The number of hydrogen-bond acceptors (Lipinski definition) is 5. The number of aromatic nitrogens is 1. The van der Waals surface area contributed by atoms with Crippen LogP contribution in [-0.2, 0) is 13.1 Å². The van der Waals surface area contributed by atoms with Crippen LogP contribution in [0.4, 0.5) is 0 Å². The van der Waals surface area contributed by atoms with Gasteiger partial charge in [-0.25, -0.2) is 4.98 Å². The zero-order chi connectivity index (χ0) is 19.1. The Morgan fingerprint density at radius 1 is 1.23 bits per heavy atom. The lowest BCUT2D eigenvalue weighted by molar-refractivity contribution is 0.0934. The smallest absolute Gasteiger partial charge is 0.273 e. The monoisotopic (exact) mass is 359 g/mol. The van der Waals surface area contributed by atoms with Crippen LogP contribution in [-0.4, -0.2) is 35.0 Å². The van der Waals surface area contributed by atoms with Crippen molar-refractivity contribution in [1.29, 1.82) is 0 Å². The molecule has 0 spiro atoms. The lowest BCUT2D eigenvalue weighted by Crippen LogP contribution is -2.32. The van der Waals surface area contributed by atoms with Crippen molar-refractivity contribution in [2.24, 2.45) is 0 Å². The number of methoxy groups -OCH3 is 1. The fourth-order valence-corrected chi connectivity index (χ4v) is 2.45. The van der Waals surface area contributed by atoms with Crippen molar-refractivity contribution < 1.29 is 13.9 Å². The van der Waals surface area contributed by atoms with Gasteiger partial charge in [-0.3, -0.25) is 9.69 Å². The number of hydrogen-bond donors (Lipinski definition) is 1. The number of nitrogens with one attached hydrogen (secondary N) is 1. The molecule has 2 rings (SSSR count). The minimum absolute atomic E-state index is 0.116. The van der Waals surface area contributed by atoms with E-state index in [0.717, 1.165) is 18.7 Å². The minimum atomic E-state index is -0.194. The van der Waals surface area contributed by atoms with E-state index >= 15 is 0 Å². The average molecular weight is 359 g/mol. The molecule has 1 N–H and O–H groups in total. The van der Waals surface area contributed by atoms with Crippen LogP contribution in [0.5, 0.6) is 5.75 Å². The van der Waals surface area contributed by atoms with E-state index < -0.39 is 0 Å². The Balaban J connectivity index is 2.02. The van der Waals surface area contributed by atoms with Crippen LogP contribution in [0.15, 0.2) is 34.9 Å². The van der Waals surface area contributed by atoms with Gasteiger partial charge in [0.1, 0.15) is 12.0 Å². The van der Waals surface area contributed by atoms with Gasteiger partial charge < -0.3 is 14.5 Å². The summed E-state index contributed by atoms with van der Waals surface area (Å²) in [6.07, 6.45) is 2.30. The molecule has 0 saturated carbocycles. The van der Waals surface area contributed by atoms with Crippen LogP contribution in [0.1, 0.15) is 56.1 Å². The molecule has 26 heavy (non-hydrogen) atoms. The number of benzene rings is 1. The van der Waals surface area contributed by atoms with Crippen molar-refractivity contribution in [2.75, 3.05) is 7.11 Å². The maximum atomic E-state index is 12.1. The number of rotatable bonds is 9. The molecule has 1 aromatic carbocycles. The highest BCUT2D eigenvalue weighted by Crippen LogP contribution is 2.16. The molecule has 1 heterocycles. The summed E-state index contributed by atoms with van der Waals surface area (Å²) in [4.78, 5) is 18.7. The molecule has 0 aliphatic heterocycles. The molecule has 0 aliphatic carbocycles. The molecule has 0 fully saturated rings. The largest absolute Gasteiger partial charge is 0.497 e. The van der Waals surface area contributed by atoms with Gasteiger partial charge in [0.25, 0.3) is 5.91 Å². The number of nitrogens with zero attached hydrogens (tertiary/aromatic N) is 2. The number of carbonyl (C=O) groups is 1. The van der Waals surface area contributed by atoms with E-state index in [4.69, 9.17) is 9.15 Å². The standard InChI is InChI=1S/C20H29N3O3/c1-6-15(4)21-20(24)18-13-26-19(22-18)12-23(14(2)3)11-16-7-9-17(25-5)10-8-16/h7-10,13-15H,6,11-12H2,1-5H3,(H,21,24). The van der Waals surface area contributed by atoms with Gasteiger partial charge in [-0.2, -0.15) is 0 Å². The first-order chi connectivity index (χ1) is 12.4. The number of ether oxygens (including phenoxy) is 1. The van der Waals surface area contributed by atoms with Crippen LogP contribution in [0.2, 0.25) is 0 Å². The summed E-state index contributed by atoms with van der Waals surface area (Å²) in [6, 6.07) is 8.43. The molecule has 1 amide bonds. The molecule has 0 bridgehead atoms. The van der Waals surface area contributed by atoms with Gasteiger partial charge >= 0.3 is 0 Å². The molecule has 0 aliphatic rings. The van der Waals surface area contributed by atoms with Gasteiger partial charge in [-0.05, 0) is 44.9 Å². The quantitative estimate of drug-likeness (QED) is 0.741. The molecule has 1 atom stereocenters. The zero-order valence-electron chi connectivity index (χ0n) is 16.3. The molecule has 0 radical (unpaired) electrons. The predicted octanol–water partition coefficient (Wildman–Crippen LogP) is 3.62. The van der Waals surface area contributed by atoms with Gasteiger partial charge in [0.05, 0.1) is 13.7 Å². The first-order valence-corrected chi connectivity index (χ1v) is 9.05. The normalized spacial score (nSPS) is 12.4. The van der Waals surface area contributed by atoms with Crippen molar-refractivity contribution in [3.8, 4) is 5.75 Å². The summed E-state index contributed by atoms with van der Waals surface area (Å²) < 4.78 is 10.7. The van der Waals surface area contributed by atoms with Gasteiger partial charge in [0, 0.05) is 18.6 Å². The molecule has 6 heteroatoms. The van der Waals surface area contributed by atoms with E-state index in [1.807, 2.05) is 26.0 Å². The Bertz CT molecular complexity index is 695. The summed E-state index contributed by atoms with van der Waals surface area (Å²) in [7, 11) is 1.66. The third-order valence-electron chi connectivity index (χ3n) is 4.39. The summed E-state index contributed by atoms with van der Waals surface area (Å²) in [5.41, 5.74) is 1.51. The maximum Gasteiger partial charge on any atom is 0.273 e. The number of oxazole rings is 1. The Labute approximate surface area is 155 Å². The Kier molecular flexibility index (Phi) is 7.21. The fraction of sp³-hybridized carbons (Fsp3) is 0.500. The van der Waals surface area contributed by atoms with Gasteiger partial charge in [0.2, 0.25) is 5.89 Å². The van der Waals surface area contributed by atoms with Crippen LogP contribution in [0.25, 0.3) is 0 Å². The molecule has 1 unspecified atom stereocenters. The number of carbonyl (C=O) groups excluding carboxylic acids is 1. The van der Waals surface area contributed by atoms with Crippen molar-refractivity contribution in [3.63, 3.8) is 0 Å². The first kappa shape index (κ1) is 20.0. The Morgan fingerprint density at radius 2 is 1.92 bits per heavy atom. The van der Waals surface area contributed by atoms with Crippen LogP contribution < -0.4 is 10.1 Å². The highest BCUT2D eigenvalue weighted by molar-refractivity contribution is 5.92. The van der Waals surface area contributed by atoms with Crippen molar-refractivity contribution in [1.82, 2.24) is 15.2 Å². The zero-order valence-corrected chi connectivity index (χ0v) is 16.3. The van der Waals surface area contributed by atoms with E-state index in [1.54, 1.807) is 7.11 Å². The van der Waals surface area contributed by atoms with Crippen LogP contribution in [0.3, 0.4) is 0 Å². The second-order valence-corrected chi connectivity index (χ2v) is 6.76. The lowest BCUT2D eigenvalue weighted by Gasteiger charge is -2.25. The third-order valence-corrected chi connectivity index (χ3v) is 4.39. The molecule has 0 saturated heterocycles. The summed E-state index contributed by atoms with van der Waals surface area (Å²) in [6.45, 7) is 9.55. The first-order valence-electron chi connectivity index (χ1n) is 9.05. The SMILES string of the molecule is CCC(C)NC(=O)c1coc(CN(Cc2ccc(OC)cc2)C(C)C)n1. The van der Waals surface area contributed by atoms with Gasteiger partial charge in [0.15, 0.2) is 5.69 Å². The lowest BCUT2D eigenvalue weighted by atomic mass is 10.2. The molecule has 2 aromatic rings. The second kappa shape index (κ2) is 9.38. The fourth-order valence-electron chi connectivity index (χ4n) is 2.45. The second-order valence-electron chi connectivity index (χ2n) is 6.76. The van der Waals surface area contributed by atoms with Gasteiger partial charge in [-0.15, -0.1) is 0 Å². The molecule has 1 aromatic heterocycles. The molecular weight excluding hydrogens is 330 g/mol. The Morgan fingerprint density at radius 3 is 2.50 bits per heavy atom. The van der Waals surface area contributed by atoms with E-state index in [-0.39, 0.29) is 11.9 Å². The van der Waals surface area contributed by atoms with Gasteiger partial charge in [-0.1, -0.05) is 19.1 Å². The summed E-state index contributed by atoms with van der Waals surface area (Å²) >= 11 is 0. The molecular formula is C20H29N3O3. The van der Waals surface area contributed by atoms with Crippen molar-refractivity contribution in [3.05, 3.63) is 47.7 Å². The van der Waals surface area contributed by atoms with Crippen LogP contribution in [0, 0.1) is 0 Å². The highest BCUT2D eigenvalue weighted by Gasteiger charge is 2.18. The van der Waals surface area contributed by atoms with E-state index in [2.05, 4.69) is 41.2 Å². The summed E-state index contributed by atoms with van der Waals surface area (Å²) in [5.74, 6) is 1.19.